The molecule has 2 rings (SSSR count). The Morgan fingerprint density at radius 3 is 2.76 bits per heavy atom. The fourth-order valence-electron chi connectivity index (χ4n) is 2.75. The first-order chi connectivity index (χ1) is 10.1. The van der Waals surface area contributed by atoms with E-state index >= 15 is 0 Å². The van der Waals surface area contributed by atoms with E-state index in [1.165, 1.54) is 0 Å². The zero-order valence-electron chi connectivity index (χ0n) is 12.6. The van der Waals surface area contributed by atoms with Gasteiger partial charge in [0.2, 0.25) is 0 Å². The summed E-state index contributed by atoms with van der Waals surface area (Å²) < 4.78 is 5.81. The van der Waals surface area contributed by atoms with Crippen molar-refractivity contribution in [2.75, 3.05) is 26.2 Å². The Labute approximate surface area is 131 Å². The summed E-state index contributed by atoms with van der Waals surface area (Å²) in [4.78, 5) is 13.0. The van der Waals surface area contributed by atoms with E-state index in [1.807, 2.05) is 12.1 Å². The molecule has 2 atom stereocenters. The van der Waals surface area contributed by atoms with Crippen molar-refractivity contribution in [2.45, 2.75) is 32.4 Å². The monoisotopic (exact) mass is 310 g/mol. The lowest BCUT2D eigenvalue weighted by Crippen LogP contribution is -2.55. The van der Waals surface area contributed by atoms with E-state index in [2.05, 4.69) is 24.1 Å². The third kappa shape index (κ3) is 4.43. The molecule has 0 aliphatic carbocycles. The predicted octanol–water partition coefficient (Wildman–Crippen LogP) is 2.14. The van der Waals surface area contributed by atoms with Gasteiger partial charge in [0.1, 0.15) is 18.6 Å². The third-order valence-electron chi connectivity index (χ3n) is 3.93. The summed E-state index contributed by atoms with van der Waals surface area (Å²) in [5.74, 6) is 0.659. The Bertz CT molecular complexity index is 471. The van der Waals surface area contributed by atoms with Crippen LogP contribution in [-0.4, -0.2) is 49.5 Å². The lowest BCUT2D eigenvalue weighted by atomic mass is 10.1. The summed E-state index contributed by atoms with van der Waals surface area (Å²) in [7, 11) is 0. The SMILES string of the molecule is C[C@@H]1CNC[C@H](C)N1CCOc1cc(CC=O)ccc1Cl. The Kier molecular flexibility index (Phi) is 6.03. The van der Waals surface area contributed by atoms with Gasteiger partial charge in [0.05, 0.1) is 5.02 Å². The summed E-state index contributed by atoms with van der Waals surface area (Å²) in [5, 5.41) is 4.01. The van der Waals surface area contributed by atoms with Gasteiger partial charge in [0.25, 0.3) is 0 Å². The molecular formula is C16H23ClN2O2. The van der Waals surface area contributed by atoms with E-state index in [9.17, 15) is 4.79 Å². The van der Waals surface area contributed by atoms with E-state index in [4.69, 9.17) is 16.3 Å². The highest BCUT2D eigenvalue weighted by molar-refractivity contribution is 6.32. The molecule has 0 bridgehead atoms. The Balaban J connectivity index is 1.90. The zero-order valence-corrected chi connectivity index (χ0v) is 13.4. The standard InChI is InChI=1S/C16H23ClN2O2/c1-12-10-18-11-13(2)19(12)6-8-21-16-9-14(5-7-20)3-4-15(16)17/h3-4,7,9,12-13,18H,5-6,8,10-11H2,1-2H3/t12-,13+. The number of carbonyl (C=O) groups is 1. The van der Waals surface area contributed by atoms with Crippen molar-refractivity contribution in [2.24, 2.45) is 0 Å². The second-order valence-corrected chi connectivity index (χ2v) is 5.99. The van der Waals surface area contributed by atoms with E-state index in [-0.39, 0.29) is 0 Å². The average molecular weight is 311 g/mol. The van der Waals surface area contributed by atoms with E-state index in [0.29, 0.717) is 35.9 Å². The maximum Gasteiger partial charge on any atom is 0.138 e. The number of carbonyl (C=O) groups excluding carboxylic acids is 1. The van der Waals surface area contributed by atoms with Crippen LogP contribution in [0.1, 0.15) is 19.4 Å². The van der Waals surface area contributed by atoms with Gasteiger partial charge in [-0.15, -0.1) is 0 Å². The summed E-state index contributed by atoms with van der Waals surface area (Å²) in [5.41, 5.74) is 0.924. The molecule has 21 heavy (non-hydrogen) atoms. The number of nitrogens with one attached hydrogen (secondary N) is 1. The molecule has 0 amide bonds. The summed E-state index contributed by atoms with van der Waals surface area (Å²) in [6.07, 6.45) is 1.27. The van der Waals surface area contributed by atoms with Crippen molar-refractivity contribution >= 4 is 17.9 Å². The molecule has 0 unspecified atom stereocenters. The minimum absolute atomic E-state index is 0.388. The average Bonchev–Trinajstić information content (AvgIpc) is 2.45. The molecule has 0 aromatic heterocycles. The normalized spacial score (nSPS) is 23.0. The van der Waals surface area contributed by atoms with Gasteiger partial charge >= 0.3 is 0 Å². The second-order valence-electron chi connectivity index (χ2n) is 5.58. The maximum absolute atomic E-state index is 10.6. The minimum Gasteiger partial charge on any atom is -0.491 e. The smallest absolute Gasteiger partial charge is 0.138 e. The first-order valence-electron chi connectivity index (χ1n) is 7.43. The number of benzene rings is 1. The number of hydrogen-bond donors (Lipinski definition) is 1. The van der Waals surface area contributed by atoms with Gasteiger partial charge in [-0.3, -0.25) is 4.90 Å². The van der Waals surface area contributed by atoms with E-state index < -0.39 is 0 Å². The van der Waals surface area contributed by atoms with Crippen molar-refractivity contribution in [3.63, 3.8) is 0 Å². The van der Waals surface area contributed by atoms with Gasteiger partial charge in [-0.25, -0.2) is 0 Å². The van der Waals surface area contributed by atoms with Crippen LogP contribution in [0.3, 0.4) is 0 Å². The second kappa shape index (κ2) is 7.78. The molecule has 0 saturated carbocycles. The highest BCUT2D eigenvalue weighted by Gasteiger charge is 2.23. The molecule has 1 saturated heterocycles. The molecule has 1 aromatic rings. The van der Waals surface area contributed by atoms with Crippen molar-refractivity contribution < 1.29 is 9.53 Å². The molecule has 4 nitrogen and oxygen atoms in total. The number of halogens is 1. The Morgan fingerprint density at radius 2 is 2.10 bits per heavy atom. The molecule has 0 spiro atoms. The van der Waals surface area contributed by atoms with Crippen LogP contribution in [0.4, 0.5) is 0 Å². The van der Waals surface area contributed by atoms with E-state index in [1.54, 1.807) is 6.07 Å². The van der Waals surface area contributed by atoms with Crippen LogP contribution >= 0.6 is 11.6 Å². The zero-order chi connectivity index (χ0) is 15.2. The largest absolute Gasteiger partial charge is 0.491 e. The lowest BCUT2D eigenvalue weighted by molar-refractivity contribution is -0.107. The first kappa shape index (κ1) is 16.3. The molecule has 1 N–H and O–H groups in total. The molecule has 1 fully saturated rings. The number of rotatable bonds is 6. The molecular weight excluding hydrogens is 288 g/mol. The summed E-state index contributed by atoms with van der Waals surface area (Å²) in [6, 6.07) is 6.50. The van der Waals surface area contributed by atoms with Crippen molar-refractivity contribution in [1.29, 1.82) is 0 Å². The van der Waals surface area contributed by atoms with Gasteiger partial charge in [0, 0.05) is 38.1 Å². The van der Waals surface area contributed by atoms with Crippen LogP contribution in [0.25, 0.3) is 0 Å². The number of ether oxygens (including phenoxy) is 1. The first-order valence-corrected chi connectivity index (χ1v) is 7.81. The van der Waals surface area contributed by atoms with Crippen molar-refractivity contribution in [1.82, 2.24) is 10.2 Å². The van der Waals surface area contributed by atoms with Crippen LogP contribution in [0.15, 0.2) is 18.2 Å². The molecule has 1 heterocycles. The van der Waals surface area contributed by atoms with Crippen molar-refractivity contribution in [3.05, 3.63) is 28.8 Å². The molecule has 116 valence electrons. The van der Waals surface area contributed by atoms with Gasteiger partial charge in [-0.1, -0.05) is 17.7 Å². The molecule has 1 aliphatic heterocycles. The lowest BCUT2D eigenvalue weighted by Gasteiger charge is -2.39. The quantitative estimate of drug-likeness (QED) is 0.818. The van der Waals surface area contributed by atoms with Gasteiger partial charge in [-0.2, -0.15) is 0 Å². The number of hydrogen-bond acceptors (Lipinski definition) is 4. The summed E-state index contributed by atoms with van der Waals surface area (Å²) in [6.45, 7) is 7.94. The van der Waals surface area contributed by atoms with Crippen LogP contribution in [0.2, 0.25) is 5.02 Å². The fraction of sp³-hybridized carbons (Fsp3) is 0.562. The molecule has 0 radical (unpaired) electrons. The number of nitrogens with zero attached hydrogens (tertiary/aromatic N) is 1. The van der Waals surface area contributed by atoms with Crippen molar-refractivity contribution in [3.8, 4) is 5.75 Å². The van der Waals surface area contributed by atoms with Crippen LogP contribution in [0.5, 0.6) is 5.75 Å². The molecule has 5 heteroatoms. The Morgan fingerprint density at radius 1 is 1.38 bits per heavy atom. The Hall–Kier alpha value is -1.10. The predicted molar refractivity (Wildman–Crippen MR) is 85.2 cm³/mol. The maximum atomic E-state index is 10.6. The van der Waals surface area contributed by atoms with Crippen LogP contribution in [0, 0.1) is 0 Å². The van der Waals surface area contributed by atoms with E-state index in [0.717, 1.165) is 31.5 Å². The fourth-order valence-corrected chi connectivity index (χ4v) is 2.93. The molecule has 1 aromatic carbocycles. The van der Waals surface area contributed by atoms with Gasteiger partial charge < -0.3 is 14.8 Å². The van der Waals surface area contributed by atoms with Gasteiger partial charge in [0.15, 0.2) is 0 Å². The highest BCUT2D eigenvalue weighted by atomic mass is 35.5. The molecule has 1 aliphatic rings. The number of piperazine rings is 1. The summed E-state index contributed by atoms with van der Waals surface area (Å²) >= 11 is 6.14. The minimum atomic E-state index is 0.388. The number of aldehydes is 1. The van der Waals surface area contributed by atoms with Crippen LogP contribution in [-0.2, 0) is 11.2 Å². The van der Waals surface area contributed by atoms with Crippen LogP contribution < -0.4 is 10.1 Å². The highest BCUT2D eigenvalue weighted by Crippen LogP contribution is 2.25. The van der Waals surface area contributed by atoms with Gasteiger partial charge in [-0.05, 0) is 31.5 Å². The topological polar surface area (TPSA) is 41.6 Å². The third-order valence-corrected chi connectivity index (χ3v) is 4.25.